The van der Waals surface area contributed by atoms with E-state index in [0.29, 0.717) is 5.13 Å². The number of aromatic amines is 1. The van der Waals surface area contributed by atoms with Crippen molar-refractivity contribution < 1.29 is 9.53 Å². The first-order valence-corrected chi connectivity index (χ1v) is 9.95. The Morgan fingerprint density at radius 2 is 2.29 bits per heavy atom. The van der Waals surface area contributed by atoms with Crippen LogP contribution < -0.4 is 15.0 Å². The molecule has 1 spiro atoms. The molecule has 2 aliphatic rings. The first-order valence-electron chi connectivity index (χ1n) is 9.18. The molecule has 2 saturated heterocycles. The van der Waals surface area contributed by atoms with E-state index in [2.05, 4.69) is 34.5 Å². The fourth-order valence-corrected chi connectivity index (χ4v) is 4.72. The van der Waals surface area contributed by atoms with Crippen molar-refractivity contribution in [3.63, 3.8) is 0 Å². The zero-order valence-corrected chi connectivity index (χ0v) is 16.2. The van der Waals surface area contributed by atoms with Gasteiger partial charge in [0.1, 0.15) is 17.8 Å². The topological polar surface area (TPSA) is 112 Å². The Balaban J connectivity index is 1.34. The van der Waals surface area contributed by atoms with Crippen molar-refractivity contribution in [3.8, 4) is 6.01 Å². The summed E-state index contributed by atoms with van der Waals surface area (Å²) in [6.07, 6.45) is 6.44. The van der Waals surface area contributed by atoms with E-state index in [1.54, 1.807) is 6.33 Å². The van der Waals surface area contributed by atoms with Crippen LogP contribution in [0, 0.1) is 0 Å². The molecule has 1 atom stereocenters. The number of nitrogens with one attached hydrogen (secondary N) is 2. The maximum Gasteiger partial charge on any atom is 0.329 e. The summed E-state index contributed by atoms with van der Waals surface area (Å²) in [6.45, 7) is 2.41. The zero-order chi connectivity index (χ0) is 19.1. The van der Waals surface area contributed by atoms with E-state index in [1.807, 2.05) is 17.2 Å². The van der Waals surface area contributed by atoms with Gasteiger partial charge in [0.15, 0.2) is 0 Å². The molecule has 2 amide bonds. The number of piperidine rings is 1. The minimum atomic E-state index is -0.176. The number of amides is 2. The molecule has 5 rings (SSSR count). The highest BCUT2D eigenvalue weighted by Gasteiger charge is 2.50. The third-order valence-electron chi connectivity index (χ3n) is 5.61. The predicted molar refractivity (Wildman–Crippen MR) is 105 cm³/mol. The lowest BCUT2D eigenvalue weighted by Gasteiger charge is -2.56. The van der Waals surface area contributed by atoms with Crippen LogP contribution in [-0.4, -0.2) is 67.5 Å². The second-order valence-electron chi connectivity index (χ2n) is 7.10. The molecule has 11 heteroatoms. The summed E-state index contributed by atoms with van der Waals surface area (Å²) < 4.78 is 9.00. The lowest BCUT2D eigenvalue weighted by atomic mass is 9.78. The Morgan fingerprint density at radius 3 is 3.07 bits per heavy atom. The first kappa shape index (κ1) is 17.2. The lowest BCUT2D eigenvalue weighted by Crippen LogP contribution is -2.69. The van der Waals surface area contributed by atoms with Gasteiger partial charge in [-0.3, -0.25) is 5.32 Å². The van der Waals surface area contributed by atoms with E-state index >= 15 is 0 Å². The lowest BCUT2D eigenvalue weighted by molar-refractivity contribution is 0.0183. The number of carbonyl (C=O) groups excluding carboxylic acids is 1. The fraction of sp³-hybridized carbons (Fsp3) is 0.471. The van der Waals surface area contributed by atoms with Gasteiger partial charge in [0.05, 0.1) is 18.0 Å². The second kappa shape index (κ2) is 6.59. The molecule has 0 saturated carbocycles. The molecule has 28 heavy (non-hydrogen) atoms. The van der Waals surface area contributed by atoms with Crippen LogP contribution in [0.4, 0.5) is 15.7 Å². The van der Waals surface area contributed by atoms with Crippen LogP contribution in [0.5, 0.6) is 6.01 Å². The van der Waals surface area contributed by atoms with Crippen LogP contribution >= 0.6 is 11.5 Å². The number of carbonyl (C=O) groups is 1. The maximum absolute atomic E-state index is 12.8. The van der Waals surface area contributed by atoms with Crippen LogP contribution in [-0.2, 0) is 0 Å². The van der Waals surface area contributed by atoms with Gasteiger partial charge < -0.3 is 19.5 Å². The summed E-state index contributed by atoms with van der Waals surface area (Å²) >= 11 is 1.11. The van der Waals surface area contributed by atoms with Crippen LogP contribution in [0.1, 0.15) is 19.3 Å². The molecule has 0 bridgehead atoms. The predicted octanol–water partition coefficient (Wildman–Crippen LogP) is 2.09. The normalized spacial score (nSPS) is 21.8. The van der Waals surface area contributed by atoms with Gasteiger partial charge in [0, 0.05) is 37.4 Å². The minimum absolute atomic E-state index is 0.138. The molecule has 0 aromatic carbocycles. The second-order valence-corrected chi connectivity index (χ2v) is 7.86. The summed E-state index contributed by atoms with van der Waals surface area (Å²) in [5, 5.41) is 4.31. The van der Waals surface area contributed by atoms with Crippen molar-refractivity contribution >= 4 is 39.5 Å². The van der Waals surface area contributed by atoms with Gasteiger partial charge in [-0.25, -0.2) is 14.8 Å². The van der Waals surface area contributed by atoms with E-state index in [-0.39, 0.29) is 17.6 Å². The highest BCUT2D eigenvalue weighted by Crippen LogP contribution is 2.40. The number of ether oxygens (including phenoxy) is 1. The van der Waals surface area contributed by atoms with E-state index in [1.165, 1.54) is 7.11 Å². The van der Waals surface area contributed by atoms with Gasteiger partial charge in [-0.1, -0.05) is 0 Å². The highest BCUT2D eigenvalue weighted by atomic mass is 32.1. The average molecular weight is 400 g/mol. The molecular formula is C17H20N8O2S. The number of hydrogen-bond donors (Lipinski definition) is 2. The van der Waals surface area contributed by atoms with Gasteiger partial charge in [-0.2, -0.15) is 4.98 Å². The first-order chi connectivity index (χ1) is 13.7. The van der Waals surface area contributed by atoms with Crippen LogP contribution in [0.2, 0.25) is 0 Å². The number of methoxy groups -OCH3 is 1. The van der Waals surface area contributed by atoms with Crippen molar-refractivity contribution in [1.29, 1.82) is 0 Å². The van der Waals surface area contributed by atoms with Crippen LogP contribution in [0.15, 0.2) is 18.6 Å². The maximum atomic E-state index is 12.8. The van der Waals surface area contributed by atoms with E-state index < -0.39 is 0 Å². The van der Waals surface area contributed by atoms with Crippen molar-refractivity contribution in [2.24, 2.45) is 0 Å². The number of hydrogen-bond acceptors (Lipinski definition) is 8. The Kier molecular flexibility index (Phi) is 4.04. The highest BCUT2D eigenvalue weighted by molar-refractivity contribution is 7.10. The molecule has 0 radical (unpaired) electrons. The molecule has 0 aliphatic carbocycles. The molecule has 2 N–H and O–H groups in total. The Morgan fingerprint density at radius 1 is 1.36 bits per heavy atom. The number of aromatic nitrogens is 5. The van der Waals surface area contributed by atoms with Gasteiger partial charge in [-0.15, -0.1) is 4.37 Å². The molecule has 10 nitrogen and oxygen atoms in total. The van der Waals surface area contributed by atoms with E-state index in [9.17, 15) is 4.79 Å². The van der Waals surface area contributed by atoms with E-state index in [0.717, 1.165) is 67.3 Å². The summed E-state index contributed by atoms with van der Waals surface area (Å²) in [7, 11) is 1.50. The van der Waals surface area contributed by atoms with E-state index in [4.69, 9.17) is 4.74 Å². The Labute approximate surface area is 165 Å². The third-order valence-corrected chi connectivity index (χ3v) is 6.22. The van der Waals surface area contributed by atoms with Crippen molar-refractivity contribution in [3.05, 3.63) is 18.6 Å². The number of rotatable bonds is 3. The van der Waals surface area contributed by atoms with Crippen molar-refractivity contribution in [1.82, 2.24) is 29.2 Å². The number of anilines is 2. The fourth-order valence-electron chi connectivity index (χ4n) is 4.19. The quantitative estimate of drug-likeness (QED) is 0.692. The van der Waals surface area contributed by atoms with Crippen LogP contribution in [0.3, 0.4) is 0 Å². The standard InChI is InChI=1S/C17H20N8O2S/c1-27-14-21-15(28-23-14)22-16(26)25-8-5-17(25)4-2-7-24(9-17)13-11-3-6-18-12(11)19-10-20-13/h3,6,10H,2,4-5,7-9H2,1H3,(H,18,19,20)(H,21,22,23,26). The van der Waals surface area contributed by atoms with Crippen molar-refractivity contribution in [2.45, 2.75) is 24.8 Å². The monoisotopic (exact) mass is 400 g/mol. The molecule has 3 aromatic heterocycles. The Bertz CT molecular complexity index is 1020. The van der Waals surface area contributed by atoms with Crippen LogP contribution in [0.25, 0.3) is 11.0 Å². The molecule has 1 unspecified atom stereocenters. The number of urea groups is 1. The molecule has 2 fully saturated rings. The van der Waals surface area contributed by atoms with Crippen molar-refractivity contribution in [2.75, 3.05) is 37.0 Å². The number of H-pyrrole nitrogens is 1. The van der Waals surface area contributed by atoms with Gasteiger partial charge in [-0.05, 0) is 25.3 Å². The third kappa shape index (κ3) is 2.73. The summed E-state index contributed by atoms with van der Waals surface area (Å²) in [4.78, 5) is 33.1. The molecule has 5 heterocycles. The summed E-state index contributed by atoms with van der Waals surface area (Å²) in [6, 6.07) is 2.13. The van der Waals surface area contributed by atoms with Gasteiger partial charge >= 0.3 is 12.0 Å². The molecule has 2 aliphatic heterocycles. The zero-order valence-electron chi connectivity index (χ0n) is 15.4. The van der Waals surface area contributed by atoms with Gasteiger partial charge in [0.25, 0.3) is 0 Å². The number of likely N-dealkylation sites (tertiary alicyclic amines) is 1. The number of nitrogens with zero attached hydrogens (tertiary/aromatic N) is 6. The molecule has 3 aromatic rings. The molecule has 146 valence electrons. The summed E-state index contributed by atoms with van der Waals surface area (Å²) in [5.74, 6) is 0.923. The minimum Gasteiger partial charge on any atom is -0.466 e. The smallest absolute Gasteiger partial charge is 0.329 e. The number of fused-ring (bicyclic) bond motifs is 1. The van der Waals surface area contributed by atoms with Gasteiger partial charge in [0.2, 0.25) is 5.13 Å². The SMILES string of the molecule is COc1nsc(NC(=O)N2CCC23CCCN(c2ncnc4[nH]ccc24)C3)n1. The molecular weight excluding hydrogens is 380 g/mol. The summed E-state index contributed by atoms with van der Waals surface area (Å²) in [5.41, 5.74) is 0.656. The average Bonchev–Trinajstić information content (AvgIpc) is 3.36. The largest absolute Gasteiger partial charge is 0.466 e. The Hall–Kier alpha value is -2.95.